The summed E-state index contributed by atoms with van der Waals surface area (Å²) in [6, 6.07) is 0. The van der Waals surface area contributed by atoms with Crippen LogP contribution in [0.15, 0.2) is 0 Å². The van der Waals surface area contributed by atoms with E-state index in [0.717, 1.165) is 0 Å². The van der Waals surface area contributed by atoms with Crippen LogP contribution in [-0.2, 0) is 0 Å². The third-order valence-electron chi connectivity index (χ3n) is 0. The largest absolute Gasteiger partial charge is 3.00 e. The Balaban J connectivity index is 0. The molecule has 0 aliphatic rings. The van der Waals surface area contributed by atoms with Crippen molar-refractivity contribution in [1.82, 2.24) is 0 Å². The molecule has 0 rings (SSSR count). The van der Waals surface area contributed by atoms with Gasteiger partial charge in [0.2, 0.25) is 0 Å². The second-order valence-electron chi connectivity index (χ2n) is 0. The van der Waals surface area contributed by atoms with Gasteiger partial charge in [0.15, 0.2) is 0 Å². The van der Waals surface area contributed by atoms with Crippen LogP contribution in [0.3, 0.4) is 0 Å². The molecule has 0 aliphatic heterocycles. The Morgan fingerprint density at radius 3 is 0.667 bits per heavy atom. The van der Waals surface area contributed by atoms with Gasteiger partial charge in [-0.3, -0.25) is 0 Å². The Bertz CT molecular complexity index is 10.8. The van der Waals surface area contributed by atoms with E-state index in [1.165, 1.54) is 0 Å². The van der Waals surface area contributed by atoms with E-state index >= 15 is 0 Å². The summed E-state index contributed by atoms with van der Waals surface area (Å²) >= 11 is 0. The van der Waals surface area contributed by atoms with Gasteiger partial charge in [0.25, 0.3) is 0 Å². The molecule has 24 valence electrons. The van der Waals surface area contributed by atoms with E-state index in [1.807, 2.05) is 0 Å². The van der Waals surface area contributed by atoms with Gasteiger partial charge in [0.1, 0.15) is 0 Å². The summed E-state index contributed by atoms with van der Waals surface area (Å²) in [4.78, 5) is 0. The SMILES string of the molecule is [Al+3].[Ga+3].[In+3].[N-3].[N-3].[N-3]. The predicted octanol–water partition coefficient (Wildman–Crippen LogP) is -0.276. The van der Waals surface area contributed by atoms with Crippen LogP contribution < -0.4 is 0 Å². The maximum absolute atomic E-state index is 0. The molecule has 0 aromatic heterocycles. The zero-order valence-corrected chi connectivity index (χ0v) is 9.95. The second kappa shape index (κ2) is 65.8. The molecule has 0 heterocycles. The Hall–Kier alpha value is 1.92. The summed E-state index contributed by atoms with van der Waals surface area (Å²) in [5.74, 6) is 0. The van der Waals surface area contributed by atoms with Crippen LogP contribution in [0.25, 0.3) is 18.5 Å². The summed E-state index contributed by atoms with van der Waals surface area (Å²) in [6.07, 6.45) is 0. The van der Waals surface area contributed by atoms with Crippen molar-refractivity contribution >= 4 is 63.0 Å². The van der Waals surface area contributed by atoms with Crippen LogP contribution in [0.1, 0.15) is 0 Å². The summed E-state index contributed by atoms with van der Waals surface area (Å²) < 4.78 is 0. The fourth-order valence-corrected chi connectivity index (χ4v) is 0. The van der Waals surface area contributed by atoms with Crippen LogP contribution >= 0.6 is 0 Å². The van der Waals surface area contributed by atoms with E-state index in [0.29, 0.717) is 0 Å². The first kappa shape index (κ1) is 103. The van der Waals surface area contributed by atoms with E-state index in [-0.39, 0.29) is 81.4 Å². The first-order valence-electron chi connectivity index (χ1n) is 0. The van der Waals surface area contributed by atoms with Crippen molar-refractivity contribution in [3.05, 3.63) is 18.5 Å². The van der Waals surface area contributed by atoms with E-state index in [4.69, 9.17) is 0 Å². The number of hydrogen-bond acceptors (Lipinski definition) is 0. The van der Waals surface area contributed by atoms with Gasteiger partial charge >= 0.3 is 63.0 Å². The van der Waals surface area contributed by atoms with Gasteiger partial charge in [-0.25, -0.2) is 0 Å². The van der Waals surface area contributed by atoms with Gasteiger partial charge in [-0.15, -0.1) is 0 Å². The third-order valence-corrected chi connectivity index (χ3v) is 0. The zero-order valence-electron chi connectivity index (χ0n) is 3.07. The predicted molar refractivity (Wildman–Crippen MR) is 27.3 cm³/mol. The van der Waals surface area contributed by atoms with Gasteiger partial charge in [0.05, 0.1) is 0 Å². The van der Waals surface area contributed by atoms with Gasteiger partial charge in [-0.1, -0.05) is 0 Å². The third kappa shape index (κ3) is 38.9. The fourth-order valence-electron chi connectivity index (χ4n) is 0. The van der Waals surface area contributed by atoms with Gasteiger partial charge in [-0.05, 0) is 0 Å². The molecule has 0 aromatic rings. The van der Waals surface area contributed by atoms with Crippen molar-refractivity contribution in [2.75, 3.05) is 0 Å². The van der Waals surface area contributed by atoms with Gasteiger partial charge in [0, 0.05) is 0 Å². The molecule has 0 fully saturated rings. The molecule has 0 N–H and O–H groups in total. The van der Waals surface area contributed by atoms with Crippen LogP contribution in [0.2, 0.25) is 0 Å². The molecule has 0 aliphatic carbocycles. The summed E-state index contributed by atoms with van der Waals surface area (Å²) in [7, 11) is 0. The Kier molecular flexibility index (Phi) is 1130. The van der Waals surface area contributed by atoms with Crippen molar-refractivity contribution in [1.29, 1.82) is 0 Å². The fraction of sp³-hybridized carbons (Fsp3) is 0. The average Bonchev–Trinajstić information content (AvgIpc) is 0. The van der Waals surface area contributed by atoms with Crippen LogP contribution in [-0.4, -0.2) is 63.0 Å². The second-order valence-corrected chi connectivity index (χ2v) is 0. The molecule has 0 saturated carbocycles. The molecular weight excluding hydrogens is 254 g/mol. The Morgan fingerprint density at radius 1 is 0.667 bits per heavy atom. The van der Waals surface area contributed by atoms with E-state index in [9.17, 15) is 0 Å². The van der Waals surface area contributed by atoms with E-state index < -0.39 is 0 Å². The maximum atomic E-state index is 0. The monoisotopic (exact) mass is 253 g/mol. The first-order valence-corrected chi connectivity index (χ1v) is 0. The van der Waals surface area contributed by atoms with Gasteiger partial charge in [-0.2, -0.15) is 0 Å². The minimum Gasteiger partial charge on any atom is -3.00 e. The molecule has 0 radical (unpaired) electrons. The van der Waals surface area contributed by atoms with Crippen molar-refractivity contribution in [2.24, 2.45) is 0 Å². The molecule has 0 atom stereocenters. The molecule has 0 amide bonds. The van der Waals surface area contributed by atoms with Crippen molar-refractivity contribution in [3.8, 4) is 0 Å². The Labute approximate surface area is 80.7 Å². The van der Waals surface area contributed by atoms with Gasteiger partial charge < -0.3 is 18.5 Å². The molecule has 0 saturated heterocycles. The topological polar surface area (TPSA) is 91.5 Å². The van der Waals surface area contributed by atoms with Crippen LogP contribution in [0.5, 0.6) is 0 Å². The zero-order chi connectivity index (χ0) is 0. The normalized spacial score (nSPS) is 0. The van der Waals surface area contributed by atoms with Crippen molar-refractivity contribution in [2.45, 2.75) is 0 Å². The van der Waals surface area contributed by atoms with Crippen molar-refractivity contribution in [3.63, 3.8) is 0 Å². The number of rotatable bonds is 0. The van der Waals surface area contributed by atoms with E-state index in [2.05, 4.69) is 0 Å². The number of hydrogen-bond donors (Lipinski definition) is 0. The molecule has 6 heteroatoms. The quantitative estimate of drug-likeness (QED) is 0.532. The Morgan fingerprint density at radius 2 is 0.667 bits per heavy atom. The minimum absolute atomic E-state index is 0. The van der Waals surface area contributed by atoms with E-state index in [1.54, 1.807) is 0 Å². The summed E-state index contributed by atoms with van der Waals surface area (Å²) in [6.45, 7) is 0. The minimum atomic E-state index is 0. The smallest absolute Gasteiger partial charge is 3.00 e. The molecular formula is AlGaInN3. The number of nitrogens with zero attached hydrogens (tertiary/aromatic N) is 3. The average molecular weight is 254 g/mol. The first-order chi connectivity index (χ1) is 0. The van der Waals surface area contributed by atoms with Crippen LogP contribution in [0, 0.1) is 0 Å². The molecule has 3 nitrogen and oxygen atoms in total. The summed E-state index contributed by atoms with van der Waals surface area (Å²) in [5, 5.41) is 0. The van der Waals surface area contributed by atoms with Crippen LogP contribution in [0.4, 0.5) is 0 Å². The molecule has 0 unspecified atom stereocenters. The summed E-state index contributed by atoms with van der Waals surface area (Å²) in [5.41, 5.74) is 0. The molecule has 0 aromatic carbocycles. The maximum Gasteiger partial charge on any atom is 3.00 e. The standard InChI is InChI=1S/Al.Ga.In.3N/q3*+3;3*-3. The molecule has 0 bridgehead atoms. The molecule has 0 spiro atoms. The van der Waals surface area contributed by atoms with Crippen molar-refractivity contribution < 1.29 is 0 Å². The molecule has 6 heavy (non-hydrogen) atoms.